The third-order valence-corrected chi connectivity index (χ3v) is 4.77. The second kappa shape index (κ2) is 7.55. The maximum Gasteiger partial charge on any atom is 0.407 e. The molecular formula is C15H21NO3S. The average Bonchev–Trinajstić information content (AvgIpc) is 2.81. The van der Waals surface area contributed by atoms with E-state index in [0.29, 0.717) is 6.54 Å². The molecule has 4 nitrogen and oxygen atoms in total. The number of aliphatic hydroxyl groups excluding tert-OH is 1. The Morgan fingerprint density at radius 2 is 2.05 bits per heavy atom. The van der Waals surface area contributed by atoms with Gasteiger partial charge in [-0.25, -0.2) is 4.79 Å². The van der Waals surface area contributed by atoms with E-state index in [2.05, 4.69) is 12.1 Å². The number of rotatable bonds is 6. The Morgan fingerprint density at radius 1 is 1.30 bits per heavy atom. The molecule has 1 amide bonds. The van der Waals surface area contributed by atoms with Gasteiger partial charge in [0.1, 0.15) is 0 Å². The molecule has 2 atom stereocenters. The van der Waals surface area contributed by atoms with E-state index in [4.69, 9.17) is 5.11 Å². The second-order valence-electron chi connectivity index (χ2n) is 5.20. The van der Waals surface area contributed by atoms with Crippen molar-refractivity contribution in [1.82, 2.24) is 4.90 Å². The van der Waals surface area contributed by atoms with Gasteiger partial charge in [0.2, 0.25) is 0 Å². The van der Waals surface area contributed by atoms with Crippen molar-refractivity contribution < 1.29 is 15.0 Å². The number of carboxylic acid groups (broad SMARTS) is 1. The summed E-state index contributed by atoms with van der Waals surface area (Å²) >= 11 is 1.89. The fraction of sp³-hybridized carbons (Fsp3) is 0.533. The summed E-state index contributed by atoms with van der Waals surface area (Å²) < 4.78 is 0. The Kier molecular flexibility index (Phi) is 5.73. The fourth-order valence-corrected chi connectivity index (χ4v) is 3.45. The second-order valence-corrected chi connectivity index (χ2v) is 6.30. The summed E-state index contributed by atoms with van der Waals surface area (Å²) in [6.07, 6.45) is 0.495. The van der Waals surface area contributed by atoms with E-state index in [1.54, 1.807) is 0 Å². The van der Waals surface area contributed by atoms with Crippen LogP contribution in [0.2, 0.25) is 0 Å². The van der Waals surface area contributed by atoms with Crippen molar-refractivity contribution in [1.29, 1.82) is 0 Å². The lowest BCUT2D eigenvalue weighted by molar-refractivity contribution is 0.129. The lowest BCUT2D eigenvalue weighted by atomic mass is 10.0. The first-order valence-electron chi connectivity index (χ1n) is 6.94. The summed E-state index contributed by atoms with van der Waals surface area (Å²) in [5.74, 6) is 2.16. The van der Waals surface area contributed by atoms with Crippen LogP contribution in [0.3, 0.4) is 0 Å². The van der Waals surface area contributed by atoms with Crippen molar-refractivity contribution in [3.8, 4) is 0 Å². The molecule has 1 aromatic rings. The van der Waals surface area contributed by atoms with Crippen LogP contribution < -0.4 is 0 Å². The zero-order valence-electron chi connectivity index (χ0n) is 11.4. The molecule has 0 radical (unpaired) electrons. The van der Waals surface area contributed by atoms with Crippen molar-refractivity contribution in [2.45, 2.75) is 24.7 Å². The number of hydrogen-bond donors (Lipinski definition) is 2. The predicted octanol–water partition coefficient (Wildman–Crippen LogP) is 2.67. The maximum atomic E-state index is 10.8. The van der Waals surface area contributed by atoms with Crippen molar-refractivity contribution in [2.75, 3.05) is 18.8 Å². The monoisotopic (exact) mass is 295 g/mol. The molecule has 1 heterocycles. The molecule has 0 bridgehead atoms. The minimum Gasteiger partial charge on any atom is -0.465 e. The van der Waals surface area contributed by atoms with Gasteiger partial charge < -0.3 is 15.1 Å². The van der Waals surface area contributed by atoms with E-state index in [0.717, 1.165) is 24.3 Å². The van der Waals surface area contributed by atoms with Gasteiger partial charge in [0.05, 0.1) is 12.6 Å². The first kappa shape index (κ1) is 15.2. The van der Waals surface area contributed by atoms with Crippen LogP contribution in [0.25, 0.3) is 0 Å². The summed E-state index contributed by atoms with van der Waals surface area (Å²) in [5, 5.41) is 18.7. The van der Waals surface area contributed by atoms with Crippen LogP contribution in [-0.2, 0) is 5.75 Å². The van der Waals surface area contributed by atoms with Crippen LogP contribution in [-0.4, -0.2) is 46.2 Å². The van der Waals surface area contributed by atoms with Crippen molar-refractivity contribution in [3.63, 3.8) is 0 Å². The molecule has 110 valence electrons. The lowest BCUT2D eigenvalue weighted by Gasteiger charge is -2.12. The molecule has 0 saturated carbocycles. The zero-order valence-corrected chi connectivity index (χ0v) is 12.3. The SMILES string of the molecule is O=C(O)N1CC(O)C(CCCSCc2ccccc2)C1. The van der Waals surface area contributed by atoms with Gasteiger partial charge in [0.15, 0.2) is 0 Å². The molecule has 0 aliphatic carbocycles. The molecule has 5 heteroatoms. The molecule has 20 heavy (non-hydrogen) atoms. The third-order valence-electron chi connectivity index (χ3n) is 3.65. The minimum atomic E-state index is -0.926. The minimum absolute atomic E-state index is 0.100. The highest BCUT2D eigenvalue weighted by molar-refractivity contribution is 7.98. The van der Waals surface area contributed by atoms with Gasteiger partial charge in [-0.1, -0.05) is 30.3 Å². The Labute approximate surface area is 123 Å². The van der Waals surface area contributed by atoms with Gasteiger partial charge in [-0.2, -0.15) is 11.8 Å². The van der Waals surface area contributed by atoms with Crippen LogP contribution in [0.4, 0.5) is 4.79 Å². The summed E-state index contributed by atoms with van der Waals surface area (Å²) in [4.78, 5) is 12.1. The largest absolute Gasteiger partial charge is 0.465 e. The topological polar surface area (TPSA) is 60.8 Å². The highest BCUT2D eigenvalue weighted by Crippen LogP contribution is 2.23. The van der Waals surface area contributed by atoms with Crippen LogP contribution in [0.5, 0.6) is 0 Å². The first-order valence-corrected chi connectivity index (χ1v) is 8.10. The van der Waals surface area contributed by atoms with Crippen LogP contribution in [0, 0.1) is 5.92 Å². The summed E-state index contributed by atoms with van der Waals surface area (Å²) in [6, 6.07) is 10.4. The molecule has 1 aromatic carbocycles. The first-order chi connectivity index (χ1) is 9.66. The lowest BCUT2D eigenvalue weighted by Crippen LogP contribution is -2.27. The van der Waals surface area contributed by atoms with Gasteiger partial charge in [0, 0.05) is 18.2 Å². The van der Waals surface area contributed by atoms with E-state index in [1.165, 1.54) is 10.5 Å². The molecule has 0 spiro atoms. The molecule has 1 aliphatic rings. The quantitative estimate of drug-likeness (QED) is 0.792. The summed E-state index contributed by atoms with van der Waals surface area (Å²) in [5.41, 5.74) is 1.33. The van der Waals surface area contributed by atoms with Crippen LogP contribution >= 0.6 is 11.8 Å². The van der Waals surface area contributed by atoms with Gasteiger partial charge in [-0.15, -0.1) is 0 Å². The third kappa shape index (κ3) is 4.42. The highest BCUT2D eigenvalue weighted by Gasteiger charge is 2.33. The molecule has 2 unspecified atom stereocenters. The molecule has 0 aromatic heterocycles. The van der Waals surface area contributed by atoms with E-state index in [1.807, 2.05) is 30.0 Å². The molecule has 1 fully saturated rings. The molecular weight excluding hydrogens is 274 g/mol. The average molecular weight is 295 g/mol. The Morgan fingerprint density at radius 3 is 2.70 bits per heavy atom. The zero-order chi connectivity index (χ0) is 14.4. The molecule has 1 aliphatic heterocycles. The van der Waals surface area contributed by atoms with E-state index in [9.17, 15) is 9.90 Å². The Hall–Kier alpha value is -1.20. The summed E-state index contributed by atoms with van der Waals surface area (Å²) in [6.45, 7) is 0.733. The number of nitrogens with zero attached hydrogens (tertiary/aromatic N) is 1. The highest BCUT2D eigenvalue weighted by atomic mass is 32.2. The number of carbonyl (C=O) groups is 1. The van der Waals surface area contributed by atoms with Gasteiger partial charge >= 0.3 is 6.09 Å². The van der Waals surface area contributed by atoms with Gasteiger partial charge in [-0.05, 0) is 24.2 Å². The fourth-order valence-electron chi connectivity index (χ4n) is 2.51. The maximum absolute atomic E-state index is 10.8. The van der Waals surface area contributed by atoms with E-state index in [-0.39, 0.29) is 12.5 Å². The smallest absolute Gasteiger partial charge is 0.407 e. The van der Waals surface area contributed by atoms with Crippen LogP contribution in [0.15, 0.2) is 30.3 Å². The number of benzene rings is 1. The number of β-amino-alcohol motifs (C(OH)–C–C–N with tert-alkyl or cyclic N) is 1. The number of amides is 1. The molecule has 1 saturated heterocycles. The number of aliphatic hydroxyl groups is 1. The normalized spacial score (nSPS) is 22.1. The van der Waals surface area contributed by atoms with Gasteiger partial charge in [-0.3, -0.25) is 0 Å². The van der Waals surface area contributed by atoms with Crippen molar-refractivity contribution in [3.05, 3.63) is 35.9 Å². The standard InChI is InChI=1S/C15H21NO3S/c17-14-10-16(15(18)19)9-13(14)7-4-8-20-11-12-5-2-1-3-6-12/h1-3,5-6,13-14,17H,4,7-11H2,(H,18,19). The predicted molar refractivity (Wildman–Crippen MR) is 80.9 cm³/mol. The van der Waals surface area contributed by atoms with E-state index < -0.39 is 12.2 Å². The van der Waals surface area contributed by atoms with Crippen LogP contribution in [0.1, 0.15) is 18.4 Å². The Bertz CT molecular complexity index is 426. The van der Waals surface area contributed by atoms with Gasteiger partial charge in [0.25, 0.3) is 0 Å². The number of thioether (sulfide) groups is 1. The van der Waals surface area contributed by atoms with Crippen molar-refractivity contribution in [2.24, 2.45) is 5.92 Å². The Balaban J connectivity index is 1.61. The molecule has 2 N–H and O–H groups in total. The van der Waals surface area contributed by atoms with Crippen molar-refractivity contribution >= 4 is 17.9 Å². The number of likely N-dealkylation sites (tertiary alicyclic amines) is 1. The van der Waals surface area contributed by atoms with E-state index >= 15 is 0 Å². The number of hydrogen-bond acceptors (Lipinski definition) is 3. The summed E-state index contributed by atoms with van der Waals surface area (Å²) in [7, 11) is 0. The molecule has 2 rings (SSSR count).